The summed E-state index contributed by atoms with van der Waals surface area (Å²) < 4.78 is 0. The third kappa shape index (κ3) is 4.23. The molecule has 0 fully saturated rings. The number of benzene rings is 2. The first-order chi connectivity index (χ1) is 9.29. The van der Waals surface area contributed by atoms with Crippen molar-refractivity contribution in [3.05, 3.63) is 77.3 Å². The van der Waals surface area contributed by atoms with Crippen molar-refractivity contribution in [1.29, 1.82) is 0 Å². The van der Waals surface area contributed by atoms with Crippen LogP contribution in [0.1, 0.15) is 5.56 Å². The van der Waals surface area contributed by atoms with Crippen LogP contribution in [-0.4, -0.2) is 11.9 Å². The number of allylic oxidation sites excluding steroid dienone is 1. The van der Waals surface area contributed by atoms with Gasteiger partial charge in [0.05, 0.1) is 5.03 Å². The van der Waals surface area contributed by atoms with Crippen molar-refractivity contribution in [2.24, 2.45) is 0 Å². The van der Waals surface area contributed by atoms with E-state index in [1.165, 1.54) is 4.90 Å². The molecule has 0 radical (unpaired) electrons. The largest absolute Gasteiger partial charge is 0.383 e. The van der Waals surface area contributed by atoms with Crippen LogP contribution in [0.5, 0.6) is 0 Å². The molecule has 0 aliphatic heterocycles. The van der Waals surface area contributed by atoms with Gasteiger partial charge in [-0.2, -0.15) is 0 Å². The molecule has 2 aromatic carbocycles. The van der Waals surface area contributed by atoms with Gasteiger partial charge in [-0.25, -0.2) is 0 Å². The van der Waals surface area contributed by atoms with E-state index < -0.39 is 0 Å². The van der Waals surface area contributed by atoms with E-state index in [1.807, 2.05) is 61.7 Å². The highest BCUT2D eigenvalue weighted by molar-refractivity contribution is 8.03. The summed E-state index contributed by atoms with van der Waals surface area (Å²) in [7, 11) is 1.91. The number of hydrogen-bond acceptors (Lipinski definition) is 3. The zero-order chi connectivity index (χ0) is 13.5. The lowest BCUT2D eigenvalue weighted by molar-refractivity contribution is 1.08. The van der Waals surface area contributed by atoms with Crippen molar-refractivity contribution in [2.75, 3.05) is 7.05 Å². The van der Waals surface area contributed by atoms with Crippen LogP contribution in [0.15, 0.2) is 76.7 Å². The molecule has 0 amide bonds. The summed E-state index contributed by atoms with van der Waals surface area (Å²) in [4.78, 5) is 2.03. The third-order valence-corrected chi connectivity index (χ3v) is 3.94. The number of hydrogen-bond donors (Lipinski definition) is 1. The van der Waals surface area contributed by atoms with Crippen LogP contribution in [0.2, 0.25) is 0 Å². The van der Waals surface area contributed by atoms with Gasteiger partial charge in [0.25, 0.3) is 0 Å². The van der Waals surface area contributed by atoms with Gasteiger partial charge in [-0.15, -0.1) is 0 Å². The Morgan fingerprint density at radius 3 is 2.16 bits per heavy atom. The summed E-state index contributed by atoms with van der Waals surface area (Å²) in [6.45, 7) is 0. The second-order valence-corrected chi connectivity index (χ2v) is 5.46. The highest BCUT2D eigenvalue weighted by atomic mass is 32.2. The molecule has 96 valence electrons. The average Bonchev–Trinajstić information content (AvgIpc) is 2.48. The van der Waals surface area contributed by atoms with E-state index in [-0.39, 0.29) is 0 Å². The second-order valence-electron chi connectivity index (χ2n) is 3.90. The fourth-order valence-corrected chi connectivity index (χ4v) is 2.73. The van der Waals surface area contributed by atoms with Gasteiger partial charge in [-0.05, 0) is 23.8 Å². The predicted molar refractivity (Wildman–Crippen MR) is 87.6 cm³/mol. The maximum atomic E-state index is 5.45. The molecule has 0 aliphatic rings. The van der Waals surface area contributed by atoms with Crippen molar-refractivity contribution in [3.8, 4) is 0 Å². The van der Waals surface area contributed by atoms with Gasteiger partial charge in [0.2, 0.25) is 0 Å². The van der Waals surface area contributed by atoms with Gasteiger partial charge in [-0.3, -0.25) is 0 Å². The van der Waals surface area contributed by atoms with Crippen LogP contribution < -0.4 is 5.32 Å². The molecule has 0 aliphatic carbocycles. The van der Waals surface area contributed by atoms with Gasteiger partial charge < -0.3 is 5.32 Å². The van der Waals surface area contributed by atoms with Gasteiger partial charge in [0, 0.05) is 16.8 Å². The number of nitrogens with one attached hydrogen (secondary N) is 1. The van der Waals surface area contributed by atoms with Gasteiger partial charge >= 0.3 is 0 Å². The molecule has 2 aromatic rings. The molecule has 1 nitrogen and oxygen atoms in total. The maximum absolute atomic E-state index is 5.45. The van der Waals surface area contributed by atoms with E-state index in [0.717, 1.165) is 15.5 Å². The lowest BCUT2D eigenvalue weighted by Gasteiger charge is -2.07. The molecule has 0 saturated heterocycles. The highest BCUT2D eigenvalue weighted by Crippen LogP contribution is 2.24. The molecule has 3 heteroatoms. The fraction of sp³-hybridized carbons (Fsp3) is 0.0625. The van der Waals surface area contributed by atoms with Crippen LogP contribution in [0, 0.1) is 0 Å². The van der Waals surface area contributed by atoms with Crippen LogP contribution in [0.4, 0.5) is 0 Å². The minimum absolute atomic E-state index is 0.841. The molecule has 0 heterocycles. The molecule has 0 unspecified atom stereocenters. The number of rotatable bonds is 5. The molecule has 0 saturated carbocycles. The lowest BCUT2D eigenvalue weighted by atomic mass is 10.1. The third-order valence-electron chi connectivity index (χ3n) is 2.54. The number of thiocarbonyl (C=S) groups is 1. The Labute approximate surface area is 123 Å². The van der Waals surface area contributed by atoms with E-state index in [4.69, 9.17) is 12.2 Å². The quantitative estimate of drug-likeness (QED) is 0.381. The molecule has 1 N–H and O–H groups in total. The highest BCUT2D eigenvalue weighted by Gasteiger charge is 2.02. The van der Waals surface area contributed by atoms with E-state index >= 15 is 0 Å². The number of thioether (sulfide) groups is 1. The van der Waals surface area contributed by atoms with Crippen LogP contribution in [0.25, 0.3) is 0 Å². The molecule has 19 heavy (non-hydrogen) atoms. The second kappa shape index (κ2) is 7.12. The molecule has 0 atom stereocenters. The standard InChI is InChI=1S/C16H15NS2/c1-17-16(19-14-10-6-3-7-11-14)12-15(18)13-8-4-2-5-9-13/h2-12,17H,1H3/b16-12+. The van der Waals surface area contributed by atoms with Crippen molar-refractivity contribution in [2.45, 2.75) is 4.90 Å². The molecule has 0 spiro atoms. The van der Waals surface area contributed by atoms with Gasteiger partial charge in [0.1, 0.15) is 0 Å². The lowest BCUT2D eigenvalue weighted by Crippen LogP contribution is -2.05. The van der Waals surface area contributed by atoms with Crippen molar-refractivity contribution in [1.82, 2.24) is 5.32 Å². The minimum Gasteiger partial charge on any atom is -0.383 e. The van der Waals surface area contributed by atoms with Gasteiger partial charge in [0.15, 0.2) is 0 Å². The first-order valence-corrected chi connectivity index (χ1v) is 7.24. The summed E-state index contributed by atoms with van der Waals surface area (Å²) in [5, 5.41) is 4.23. The average molecular weight is 285 g/mol. The Morgan fingerprint density at radius 1 is 1.00 bits per heavy atom. The van der Waals surface area contributed by atoms with E-state index in [0.29, 0.717) is 0 Å². The van der Waals surface area contributed by atoms with Crippen molar-refractivity contribution in [3.63, 3.8) is 0 Å². The predicted octanol–water partition coefficient (Wildman–Crippen LogP) is 4.26. The first-order valence-electron chi connectivity index (χ1n) is 6.01. The Balaban J connectivity index is 2.13. The first kappa shape index (κ1) is 13.8. The maximum Gasteiger partial charge on any atom is 0.0741 e. The normalized spacial score (nSPS) is 11.1. The zero-order valence-corrected chi connectivity index (χ0v) is 12.3. The molecule has 2 rings (SSSR count). The van der Waals surface area contributed by atoms with Gasteiger partial charge in [-0.1, -0.05) is 72.5 Å². The van der Waals surface area contributed by atoms with E-state index in [1.54, 1.807) is 11.8 Å². The molecular weight excluding hydrogens is 270 g/mol. The monoisotopic (exact) mass is 285 g/mol. The SMILES string of the molecule is CN/C(=C\C(=S)c1ccccc1)Sc1ccccc1. The van der Waals surface area contributed by atoms with Crippen molar-refractivity contribution >= 4 is 28.8 Å². The molecule has 0 aromatic heterocycles. The summed E-state index contributed by atoms with van der Waals surface area (Å²) in [6.07, 6.45) is 2.00. The van der Waals surface area contributed by atoms with Crippen molar-refractivity contribution < 1.29 is 0 Å². The van der Waals surface area contributed by atoms with Crippen LogP contribution in [-0.2, 0) is 0 Å². The topological polar surface area (TPSA) is 12.0 Å². The zero-order valence-electron chi connectivity index (χ0n) is 10.7. The Morgan fingerprint density at radius 2 is 1.58 bits per heavy atom. The summed E-state index contributed by atoms with van der Waals surface area (Å²) >= 11 is 7.12. The fourth-order valence-electron chi connectivity index (χ4n) is 1.57. The smallest absolute Gasteiger partial charge is 0.0741 e. The van der Waals surface area contributed by atoms with Crippen LogP contribution >= 0.6 is 24.0 Å². The summed E-state index contributed by atoms with van der Waals surface area (Å²) in [6, 6.07) is 20.3. The molecular formula is C16H15NS2. The van der Waals surface area contributed by atoms with E-state index in [2.05, 4.69) is 17.4 Å². The molecule has 0 bridgehead atoms. The Kier molecular flexibility index (Phi) is 5.19. The Bertz CT molecular complexity index is 562. The van der Waals surface area contributed by atoms with E-state index in [9.17, 15) is 0 Å². The summed E-state index contributed by atoms with van der Waals surface area (Å²) in [5.74, 6) is 0. The Hall–Kier alpha value is -1.58. The minimum atomic E-state index is 0.841. The summed E-state index contributed by atoms with van der Waals surface area (Å²) in [5.41, 5.74) is 1.07. The van der Waals surface area contributed by atoms with Crippen LogP contribution in [0.3, 0.4) is 0 Å².